The first-order valence-electron chi connectivity index (χ1n) is 8.75. The van der Waals surface area contributed by atoms with Crippen LogP contribution in [0.5, 0.6) is 0 Å². The van der Waals surface area contributed by atoms with Crippen LogP contribution in [0.15, 0.2) is 0 Å². The maximum Gasteiger partial charge on any atom is 0.0674 e. The highest BCUT2D eigenvalue weighted by Crippen LogP contribution is 2.52. The van der Waals surface area contributed by atoms with Crippen molar-refractivity contribution in [2.24, 2.45) is 11.1 Å². The van der Waals surface area contributed by atoms with E-state index >= 15 is 0 Å². The fraction of sp³-hybridized carbons (Fsp3) is 1.00. The molecular formula is C17H32N2O. The van der Waals surface area contributed by atoms with Gasteiger partial charge in [0.15, 0.2) is 0 Å². The molecule has 3 heteroatoms. The standard InChI is InChI=1S/C17H32N2O/c1-15-13-19(11-4-12-20-15)17(14-18)9-7-16(8-10-17)5-2-3-6-16/h15H,2-14,18H2,1H3. The third-order valence-electron chi connectivity index (χ3n) is 6.41. The van der Waals surface area contributed by atoms with E-state index in [1.807, 2.05) is 0 Å². The first-order chi connectivity index (χ1) is 9.68. The van der Waals surface area contributed by atoms with E-state index in [2.05, 4.69) is 11.8 Å². The van der Waals surface area contributed by atoms with E-state index in [0.29, 0.717) is 11.5 Å². The molecule has 1 unspecified atom stereocenters. The molecule has 1 heterocycles. The van der Waals surface area contributed by atoms with E-state index in [1.165, 1.54) is 57.9 Å². The maximum atomic E-state index is 6.27. The molecule has 0 radical (unpaired) electrons. The summed E-state index contributed by atoms with van der Waals surface area (Å²) >= 11 is 0. The molecule has 2 saturated carbocycles. The third kappa shape index (κ3) is 2.77. The first-order valence-corrected chi connectivity index (χ1v) is 8.75. The van der Waals surface area contributed by atoms with Crippen LogP contribution in [0, 0.1) is 5.41 Å². The van der Waals surface area contributed by atoms with Gasteiger partial charge in [-0.3, -0.25) is 4.90 Å². The Labute approximate surface area is 124 Å². The fourth-order valence-electron chi connectivity index (χ4n) is 4.95. The minimum atomic E-state index is 0.274. The van der Waals surface area contributed by atoms with Gasteiger partial charge in [-0.05, 0) is 57.3 Å². The van der Waals surface area contributed by atoms with Crippen LogP contribution in [-0.4, -0.2) is 42.8 Å². The molecule has 0 aromatic carbocycles. The van der Waals surface area contributed by atoms with Crippen LogP contribution >= 0.6 is 0 Å². The normalized spacial score (nSPS) is 34.2. The number of nitrogens with zero attached hydrogens (tertiary/aromatic N) is 1. The number of hydrogen-bond acceptors (Lipinski definition) is 3. The van der Waals surface area contributed by atoms with Gasteiger partial charge < -0.3 is 10.5 Å². The average molecular weight is 280 g/mol. The van der Waals surface area contributed by atoms with Gasteiger partial charge >= 0.3 is 0 Å². The van der Waals surface area contributed by atoms with Gasteiger partial charge in [0.25, 0.3) is 0 Å². The van der Waals surface area contributed by atoms with Crippen molar-refractivity contribution < 1.29 is 4.74 Å². The Balaban J connectivity index is 1.68. The van der Waals surface area contributed by atoms with Gasteiger partial charge in [0, 0.05) is 31.8 Å². The van der Waals surface area contributed by atoms with Crippen molar-refractivity contribution in [1.82, 2.24) is 4.90 Å². The summed E-state index contributed by atoms with van der Waals surface area (Å²) in [6.45, 7) is 6.21. The molecule has 0 aromatic heterocycles. The molecule has 3 nitrogen and oxygen atoms in total. The molecule has 1 aliphatic heterocycles. The summed E-state index contributed by atoms with van der Waals surface area (Å²) in [5, 5.41) is 0. The van der Waals surface area contributed by atoms with Crippen molar-refractivity contribution in [1.29, 1.82) is 0 Å². The van der Waals surface area contributed by atoms with E-state index in [-0.39, 0.29) is 5.54 Å². The quantitative estimate of drug-likeness (QED) is 0.845. The number of ether oxygens (including phenoxy) is 1. The highest BCUT2D eigenvalue weighted by molar-refractivity contribution is 5.01. The minimum absolute atomic E-state index is 0.274. The van der Waals surface area contributed by atoms with Crippen LogP contribution in [0.25, 0.3) is 0 Å². The summed E-state index contributed by atoms with van der Waals surface area (Å²) in [6, 6.07) is 0. The lowest BCUT2D eigenvalue weighted by molar-refractivity contribution is -0.00392. The molecule has 2 aliphatic carbocycles. The highest BCUT2D eigenvalue weighted by Gasteiger charge is 2.46. The Morgan fingerprint density at radius 2 is 1.75 bits per heavy atom. The minimum Gasteiger partial charge on any atom is -0.377 e. The predicted molar refractivity (Wildman–Crippen MR) is 82.8 cm³/mol. The summed E-state index contributed by atoms with van der Waals surface area (Å²) < 4.78 is 5.82. The van der Waals surface area contributed by atoms with E-state index in [1.54, 1.807) is 0 Å². The second-order valence-electron chi connectivity index (χ2n) is 7.62. The molecular weight excluding hydrogens is 248 g/mol. The van der Waals surface area contributed by atoms with Crippen molar-refractivity contribution in [3.05, 3.63) is 0 Å². The molecule has 3 aliphatic rings. The molecule has 1 saturated heterocycles. The summed E-state index contributed by atoms with van der Waals surface area (Å²) in [7, 11) is 0. The topological polar surface area (TPSA) is 38.5 Å². The van der Waals surface area contributed by atoms with Crippen LogP contribution in [0.2, 0.25) is 0 Å². The zero-order valence-corrected chi connectivity index (χ0v) is 13.2. The molecule has 116 valence electrons. The van der Waals surface area contributed by atoms with Crippen LogP contribution in [-0.2, 0) is 4.74 Å². The SMILES string of the molecule is CC1CN(C2(CN)CCC3(CCCC3)CC2)CCCO1. The zero-order chi connectivity index (χ0) is 14.1. The molecule has 2 N–H and O–H groups in total. The Morgan fingerprint density at radius 3 is 2.40 bits per heavy atom. The molecule has 1 atom stereocenters. The van der Waals surface area contributed by atoms with Gasteiger partial charge in [-0.2, -0.15) is 0 Å². The van der Waals surface area contributed by atoms with E-state index < -0.39 is 0 Å². The Kier molecular flexibility index (Phi) is 4.40. The molecule has 1 spiro atoms. The van der Waals surface area contributed by atoms with Gasteiger partial charge in [0.1, 0.15) is 0 Å². The van der Waals surface area contributed by atoms with Crippen LogP contribution in [0.1, 0.15) is 64.7 Å². The van der Waals surface area contributed by atoms with Crippen LogP contribution in [0.3, 0.4) is 0 Å². The molecule has 20 heavy (non-hydrogen) atoms. The van der Waals surface area contributed by atoms with Gasteiger partial charge in [-0.25, -0.2) is 0 Å². The highest BCUT2D eigenvalue weighted by atomic mass is 16.5. The number of hydrogen-bond donors (Lipinski definition) is 1. The lowest BCUT2D eigenvalue weighted by Crippen LogP contribution is -2.58. The van der Waals surface area contributed by atoms with Crippen LogP contribution < -0.4 is 5.73 Å². The molecule has 3 rings (SSSR count). The number of nitrogens with two attached hydrogens (primary N) is 1. The average Bonchev–Trinajstić information content (AvgIpc) is 2.81. The zero-order valence-electron chi connectivity index (χ0n) is 13.2. The predicted octanol–water partition coefficient (Wildman–Crippen LogP) is 2.93. The molecule has 0 bridgehead atoms. The van der Waals surface area contributed by atoms with Crippen LogP contribution in [0.4, 0.5) is 0 Å². The van der Waals surface area contributed by atoms with Crippen molar-refractivity contribution in [2.45, 2.75) is 76.4 Å². The van der Waals surface area contributed by atoms with Gasteiger partial charge in [0.05, 0.1) is 6.10 Å². The van der Waals surface area contributed by atoms with Crippen molar-refractivity contribution in [3.8, 4) is 0 Å². The third-order valence-corrected chi connectivity index (χ3v) is 6.41. The van der Waals surface area contributed by atoms with Crippen molar-refractivity contribution >= 4 is 0 Å². The summed E-state index contributed by atoms with van der Waals surface area (Å²) in [5.74, 6) is 0. The van der Waals surface area contributed by atoms with E-state index in [4.69, 9.17) is 10.5 Å². The first kappa shape index (κ1) is 14.8. The van der Waals surface area contributed by atoms with Crippen molar-refractivity contribution in [3.63, 3.8) is 0 Å². The maximum absolute atomic E-state index is 6.27. The Bertz CT molecular complexity index is 315. The summed E-state index contributed by atoms with van der Waals surface area (Å²) in [4.78, 5) is 2.69. The lowest BCUT2D eigenvalue weighted by atomic mass is 9.65. The summed E-state index contributed by atoms with van der Waals surface area (Å²) in [5.41, 5.74) is 7.24. The largest absolute Gasteiger partial charge is 0.377 e. The summed E-state index contributed by atoms with van der Waals surface area (Å²) in [6.07, 6.45) is 12.9. The second-order valence-corrected chi connectivity index (χ2v) is 7.62. The monoisotopic (exact) mass is 280 g/mol. The fourth-order valence-corrected chi connectivity index (χ4v) is 4.95. The molecule has 0 aromatic rings. The van der Waals surface area contributed by atoms with E-state index in [0.717, 1.165) is 26.1 Å². The van der Waals surface area contributed by atoms with Crippen molar-refractivity contribution in [2.75, 3.05) is 26.2 Å². The smallest absolute Gasteiger partial charge is 0.0674 e. The Hall–Kier alpha value is -0.120. The lowest BCUT2D eigenvalue weighted by Gasteiger charge is -2.50. The molecule has 0 amide bonds. The van der Waals surface area contributed by atoms with Gasteiger partial charge in [-0.15, -0.1) is 0 Å². The van der Waals surface area contributed by atoms with E-state index in [9.17, 15) is 0 Å². The second kappa shape index (κ2) is 5.94. The van der Waals surface area contributed by atoms with Gasteiger partial charge in [0.2, 0.25) is 0 Å². The number of rotatable bonds is 2. The molecule has 3 fully saturated rings. The van der Waals surface area contributed by atoms with Gasteiger partial charge in [-0.1, -0.05) is 12.8 Å². The Morgan fingerprint density at radius 1 is 1.05 bits per heavy atom.